The normalized spacial score (nSPS) is 21.8. The Morgan fingerprint density at radius 1 is 0.569 bits per heavy atom. The third-order valence-electron chi connectivity index (χ3n) is 17.5. The van der Waals surface area contributed by atoms with Crippen molar-refractivity contribution < 1.29 is 83.4 Å². The molecule has 0 radical (unpaired) electrons. The van der Waals surface area contributed by atoms with Gasteiger partial charge in [0.2, 0.25) is 47.3 Å². The fraction of sp³-hybridized carbons (Fsp3) is 0.493. The molecular weight excluding hydrogens is 1360 g/mol. The second-order valence-electron chi connectivity index (χ2n) is 25.4. The Morgan fingerprint density at radius 3 is 1.67 bits per heavy atom. The van der Waals surface area contributed by atoms with E-state index >= 15 is 19.2 Å². The number of nitrogens with two attached hydrogens (primary N) is 1. The topological polar surface area (TPSA) is 460 Å². The Kier molecular flexibility index (Phi) is 32.2. The molecule has 2 aliphatic rings. The number of unbranched alkanes of at least 4 members (excludes halogenated alkanes) is 1. The standard InChI is InChI=1S/C69H94N14O17S2/c1-42(85)55(39-84)76-68(99)57-41-102-101-40-56(77-64(95)52(31-44-13-4-3-5-14-44)72-58(87)35-80-23-25-81(36-59(88)89)27-29-83(38-61(92)93)30-28-82(26-24-80)37-60(90)91)67(98)75-53(32-46-17-12-16-45-15-6-7-18-48(45)46)66(97)74-54(33-47-34-71-50-20-9-8-19-49(47)50)65(96)73-51(21-10-11-22-70)63(94)79-62(43(2)86)69(100)78-57/h3-9,12-20,34,42-43,51-57,62,71,84-86H,10-11,21-33,35-41,70H2,1-2H3,(H,72,87)(H,73,96)(H,74,97)(H,75,98)(H,76,99)(H,77,95)(H,78,100)(H,79,94)(H,88,89)(H,90,91)(H,92,93)/t42-,43+,51?,52-,53?,54-,55-,56?,57?,62+/m1/s1. The van der Waals surface area contributed by atoms with Gasteiger partial charge < -0.3 is 83.9 Å². The van der Waals surface area contributed by atoms with Gasteiger partial charge in [0.05, 0.1) is 51.0 Å². The fourth-order valence-corrected chi connectivity index (χ4v) is 14.2. The molecule has 0 bridgehead atoms. The SMILES string of the molecule is C[C@H](O)[C@@H]1NC(=O)C(CCCCN)NC(=O)[C@@H](Cc2c[nH]c3ccccc23)NC(=O)C(Cc2cccc3ccccc23)NC(=O)C(NC(=O)[C@@H](Cc2ccccc2)NC(=O)CN2CCN(CC(=O)O)CCN(CC(=O)O)CCN(CC(=O)O)CC2)CSSCC(C(=O)N[C@H](CO)[C@@H](C)O)NC1=O. The summed E-state index contributed by atoms with van der Waals surface area (Å²) in [6.07, 6.45) is -1.11. The minimum atomic E-state index is -1.76. The number of hydrogen-bond donors (Lipinski definition) is 16. The number of aromatic amines is 1. The van der Waals surface area contributed by atoms with E-state index in [0.29, 0.717) is 34.0 Å². The number of aliphatic hydroxyl groups is 3. The van der Waals surface area contributed by atoms with Crippen LogP contribution < -0.4 is 48.3 Å². The summed E-state index contributed by atoms with van der Waals surface area (Å²) >= 11 is 0. The molecule has 102 heavy (non-hydrogen) atoms. The third kappa shape index (κ3) is 25.6. The van der Waals surface area contributed by atoms with E-state index in [1.807, 2.05) is 42.5 Å². The van der Waals surface area contributed by atoms with Gasteiger partial charge in [-0.05, 0) is 73.2 Å². The summed E-state index contributed by atoms with van der Waals surface area (Å²) in [6.45, 7) is 1.21. The van der Waals surface area contributed by atoms with Crippen molar-refractivity contribution in [3.05, 3.63) is 120 Å². The number of para-hydroxylation sites is 1. The smallest absolute Gasteiger partial charge is 0.317 e. The third-order valence-corrected chi connectivity index (χ3v) is 20.0. The van der Waals surface area contributed by atoms with Crippen molar-refractivity contribution >= 4 is 108 Å². The van der Waals surface area contributed by atoms with E-state index < -0.39 is 152 Å². The summed E-state index contributed by atoms with van der Waals surface area (Å²) in [7, 11) is 1.86. The van der Waals surface area contributed by atoms with Crippen LogP contribution in [0, 0.1) is 0 Å². The molecule has 2 saturated heterocycles. The van der Waals surface area contributed by atoms with E-state index in [9.17, 15) is 64.2 Å². The van der Waals surface area contributed by atoms with Gasteiger partial charge in [-0.15, -0.1) is 0 Å². The number of carbonyl (C=O) groups is 11. The molecule has 4 unspecified atom stereocenters. The van der Waals surface area contributed by atoms with E-state index in [-0.39, 0.29) is 109 Å². The van der Waals surface area contributed by atoms with Crippen molar-refractivity contribution in [1.82, 2.24) is 67.1 Å². The number of carboxylic acid groups (broad SMARTS) is 3. The summed E-state index contributed by atoms with van der Waals surface area (Å²) < 4.78 is 0. The molecule has 7 rings (SSSR count). The van der Waals surface area contributed by atoms with Crippen LogP contribution >= 0.6 is 21.6 Å². The molecule has 4 aromatic carbocycles. The largest absolute Gasteiger partial charge is 0.480 e. The number of aliphatic carboxylic acids is 3. The Bertz CT molecular complexity index is 3630. The zero-order valence-corrected chi connectivity index (χ0v) is 58.6. The van der Waals surface area contributed by atoms with Gasteiger partial charge in [0, 0.05) is 100 Å². The van der Waals surface area contributed by atoms with E-state index in [1.165, 1.54) is 13.8 Å². The molecule has 17 N–H and O–H groups in total. The van der Waals surface area contributed by atoms with Crippen LogP contribution in [0.1, 0.15) is 49.8 Å². The highest BCUT2D eigenvalue weighted by atomic mass is 33.1. The lowest BCUT2D eigenvalue weighted by atomic mass is 9.97. The first-order valence-electron chi connectivity index (χ1n) is 33.8. The number of nitrogens with one attached hydrogen (secondary N) is 9. The van der Waals surface area contributed by atoms with Gasteiger partial charge in [0.15, 0.2) is 0 Å². The zero-order valence-electron chi connectivity index (χ0n) is 57.0. The second kappa shape index (κ2) is 40.8. The summed E-state index contributed by atoms with van der Waals surface area (Å²) in [5, 5.41) is 85.1. The zero-order chi connectivity index (χ0) is 73.8. The second-order valence-corrected chi connectivity index (χ2v) is 28.0. The van der Waals surface area contributed by atoms with Crippen LogP contribution in [0.5, 0.6) is 0 Å². The number of fused-ring (bicyclic) bond motifs is 2. The maximum atomic E-state index is 15.5. The molecule has 3 heterocycles. The molecule has 2 fully saturated rings. The number of H-pyrrole nitrogens is 1. The highest BCUT2D eigenvalue weighted by Crippen LogP contribution is 2.26. The first kappa shape index (κ1) is 80.5. The molecule has 0 saturated carbocycles. The molecule has 31 nitrogen and oxygen atoms in total. The number of aliphatic hydroxyl groups excluding tert-OH is 3. The number of carboxylic acids is 3. The number of aromatic nitrogens is 1. The summed E-state index contributed by atoms with van der Waals surface area (Å²) in [4.78, 5) is 165. The van der Waals surface area contributed by atoms with Crippen molar-refractivity contribution in [2.24, 2.45) is 5.73 Å². The molecule has 0 spiro atoms. The first-order chi connectivity index (χ1) is 48.9. The molecule has 5 aromatic rings. The fourth-order valence-electron chi connectivity index (χ4n) is 11.9. The van der Waals surface area contributed by atoms with Gasteiger partial charge in [0.25, 0.3) is 0 Å². The lowest BCUT2D eigenvalue weighted by Crippen LogP contribution is -2.62. The van der Waals surface area contributed by atoms with Crippen molar-refractivity contribution in [3.8, 4) is 0 Å². The maximum absolute atomic E-state index is 15.5. The number of amides is 8. The van der Waals surface area contributed by atoms with Gasteiger partial charge in [-0.25, -0.2) is 0 Å². The van der Waals surface area contributed by atoms with E-state index in [4.69, 9.17) is 5.73 Å². The Hall–Kier alpha value is -8.77. The highest BCUT2D eigenvalue weighted by molar-refractivity contribution is 8.76. The van der Waals surface area contributed by atoms with Crippen LogP contribution in [0.15, 0.2) is 103 Å². The van der Waals surface area contributed by atoms with Crippen molar-refractivity contribution in [2.45, 2.75) is 113 Å². The average molecular weight is 1460 g/mol. The van der Waals surface area contributed by atoms with Crippen LogP contribution in [-0.4, -0.2) is 284 Å². The van der Waals surface area contributed by atoms with Crippen LogP contribution in [0.3, 0.4) is 0 Å². The van der Waals surface area contributed by atoms with Gasteiger partial charge in [0.1, 0.15) is 42.3 Å². The average Bonchev–Trinajstić information content (AvgIpc) is 1.51. The van der Waals surface area contributed by atoms with Crippen LogP contribution in [0.2, 0.25) is 0 Å². The highest BCUT2D eigenvalue weighted by Gasteiger charge is 2.38. The summed E-state index contributed by atoms with van der Waals surface area (Å²) in [6, 6.07) is 16.5. The van der Waals surface area contributed by atoms with Gasteiger partial charge >= 0.3 is 17.9 Å². The Balaban J connectivity index is 1.28. The molecule has 33 heteroatoms. The molecule has 1 aromatic heterocycles. The van der Waals surface area contributed by atoms with Gasteiger partial charge in [-0.1, -0.05) is 113 Å². The number of hydrogen-bond acceptors (Lipinski definition) is 21. The lowest BCUT2D eigenvalue weighted by molar-refractivity contribution is -0.140. The summed E-state index contributed by atoms with van der Waals surface area (Å²) in [5.74, 6) is -11.3. The predicted octanol–water partition coefficient (Wildman–Crippen LogP) is -2.02. The molecule has 0 aliphatic carbocycles. The number of carbonyl (C=O) groups excluding carboxylic acids is 8. The van der Waals surface area contributed by atoms with Crippen molar-refractivity contribution in [3.63, 3.8) is 0 Å². The van der Waals surface area contributed by atoms with Gasteiger partial charge in [-0.3, -0.25) is 72.3 Å². The molecule has 10 atom stereocenters. The minimum absolute atomic E-state index is 0.0399. The van der Waals surface area contributed by atoms with Crippen molar-refractivity contribution in [2.75, 3.05) is 103 Å². The Labute approximate surface area is 597 Å². The number of nitrogens with zero attached hydrogens (tertiary/aromatic N) is 4. The number of rotatable bonds is 26. The lowest BCUT2D eigenvalue weighted by Gasteiger charge is -2.33. The minimum Gasteiger partial charge on any atom is -0.480 e. The molecule has 554 valence electrons. The molecular formula is C69H94N14O17S2. The van der Waals surface area contributed by atoms with Crippen LogP contribution in [0.25, 0.3) is 21.7 Å². The molecule has 8 amide bonds. The monoisotopic (exact) mass is 1450 g/mol. The predicted molar refractivity (Wildman–Crippen MR) is 382 cm³/mol. The van der Waals surface area contributed by atoms with E-state index in [2.05, 4.69) is 47.5 Å². The van der Waals surface area contributed by atoms with E-state index in [1.54, 1.807) is 80.4 Å². The Morgan fingerprint density at radius 2 is 1.09 bits per heavy atom. The first-order valence-corrected chi connectivity index (χ1v) is 36.3. The maximum Gasteiger partial charge on any atom is 0.317 e. The van der Waals surface area contributed by atoms with E-state index in [0.717, 1.165) is 32.4 Å². The number of benzene rings is 4. The van der Waals surface area contributed by atoms with Crippen LogP contribution in [-0.2, 0) is 72.0 Å². The quantitative estimate of drug-likeness (QED) is 0.0210. The van der Waals surface area contributed by atoms with Crippen LogP contribution in [0.4, 0.5) is 0 Å². The van der Waals surface area contributed by atoms with Crippen molar-refractivity contribution in [1.29, 1.82) is 0 Å². The summed E-state index contributed by atoms with van der Waals surface area (Å²) in [5.41, 5.74) is 8.32. The molecule has 2 aliphatic heterocycles. The van der Waals surface area contributed by atoms with Gasteiger partial charge in [-0.2, -0.15) is 0 Å².